The largest absolute Gasteiger partial charge is 0.389 e. The van der Waals surface area contributed by atoms with Gasteiger partial charge in [0.25, 0.3) is 0 Å². The fourth-order valence-electron chi connectivity index (χ4n) is 1.06. The van der Waals surface area contributed by atoms with Crippen molar-refractivity contribution in [1.82, 2.24) is 0 Å². The van der Waals surface area contributed by atoms with Crippen LogP contribution in [0.5, 0.6) is 0 Å². The number of alkyl halides is 3. The van der Waals surface area contributed by atoms with E-state index in [0.717, 1.165) is 0 Å². The van der Waals surface area contributed by atoms with Crippen LogP contribution in [-0.2, 0) is 4.79 Å². The van der Waals surface area contributed by atoms with Crippen molar-refractivity contribution in [3.63, 3.8) is 0 Å². The van der Waals surface area contributed by atoms with Gasteiger partial charge in [0.05, 0.1) is 12.1 Å². The average molecular weight is 378 g/mol. The highest BCUT2D eigenvalue weighted by molar-refractivity contribution is 14.1. The minimum Gasteiger partial charge on any atom is -0.325 e. The lowest BCUT2D eigenvalue weighted by molar-refractivity contribution is -0.142. The number of hydrogen-bond donors (Lipinski definition) is 1. The molecule has 0 spiro atoms. The summed E-state index contributed by atoms with van der Waals surface area (Å²) in [5.41, 5.74) is 0.460. The van der Waals surface area contributed by atoms with E-state index < -0.39 is 24.9 Å². The molecule has 0 saturated heterocycles. The quantitative estimate of drug-likeness (QED) is 0.785. The van der Waals surface area contributed by atoms with E-state index in [0.29, 0.717) is 14.3 Å². The van der Waals surface area contributed by atoms with Crippen molar-refractivity contribution in [2.75, 3.05) is 5.32 Å². The van der Waals surface area contributed by atoms with E-state index >= 15 is 0 Å². The van der Waals surface area contributed by atoms with Gasteiger partial charge >= 0.3 is 6.18 Å². The Morgan fingerprint density at radius 1 is 1.41 bits per heavy atom. The van der Waals surface area contributed by atoms with E-state index in [1.165, 1.54) is 0 Å². The number of rotatable bonds is 3. The molecule has 1 N–H and O–H groups in total. The van der Waals surface area contributed by atoms with Crippen LogP contribution >= 0.6 is 34.2 Å². The Morgan fingerprint density at radius 2 is 2.06 bits per heavy atom. The third-order valence-electron chi connectivity index (χ3n) is 1.84. The lowest BCUT2D eigenvalue weighted by Gasteiger charge is -2.09. The summed E-state index contributed by atoms with van der Waals surface area (Å²) in [6, 6.07) is 4.72. The molecule has 1 amide bonds. The maximum absolute atomic E-state index is 11.9. The van der Waals surface area contributed by atoms with Crippen LogP contribution in [0.2, 0.25) is 5.02 Å². The van der Waals surface area contributed by atoms with E-state index in [1.54, 1.807) is 18.2 Å². The van der Waals surface area contributed by atoms with Crippen molar-refractivity contribution < 1.29 is 18.0 Å². The van der Waals surface area contributed by atoms with Crippen molar-refractivity contribution in [2.24, 2.45) is 0 Å². The zero-order valence-corrected chi connectivity index (χ0v) is 11.4. The maximum atomic E-state index is 11.9. The molecule has 94 valence electrons. The number of amides is 1. The van der Waals surface area contributed by atoms with E-state index in [2.05, 4.69) is 5.32 Å². The monoisotopic (exact) mass is 377 g/mol. The van der Waals surface area contributed by atoms with Crippen LogP contribution in [0.4, 0.5) is 18.9 Å². The molecule has 0 aliphatic heterocycles. The summed E-state index contributed by atoms with van der Waals surface area (Å²) in [5, 5.41) is 2.91. The Bertz CT molecular complexity index is 423. The van der Waals surface area contributed by atoms with Gasteiger partial charge in [0, 0.05) is 15.0 Å². The smallest absolute Gasteiger partial charge is 0.325 e. The Balaban J connectivity index is 2.57. The number of hydrogen-bond acceptors (Lipinski definition) is 1. The summed E-state index contributed by atoms with van der Waals surface area (Å²) in [6.45, 7) is 0. The highest BCUT2D eigenvalue weighted by Gasteiger charge is 2.27. The number of carbonyl (C=O) groups excluding carboxylic acids is 1. The summed E-state index contributed by atoms with van der Waals surface area (Å²) >= 11 is 7.65. The molecule has 1 aromatic rings. The highest BCUT2D eigenvalue weighted by atomic mass is 127. The standard InChI is InChI=1S/C10H8ClF3INO/c11-6-1-2-8(7(15)5-6)16-9(17)3-4-10(12,13)14/h1-2,5H,3-4H2,(H,16,17). The van der Waals surface area contributed by atoms with Crippen LogP contribution < -0.4 is 5.32 Å². The van der Waals surface area contributed by atoms with Crippen molar-refractivity contribution in [3.05, 3.63) is 26.8 Å². The summed E-state index contributed by atoms with van der Waals surface area (Å²) in [6.07, 6.45) is -6.02. The van der Waals surface area contributed by atoms with Crippen LogP contribution in [-0.4, -0.2) is 12.1 Å². The predicted molar refractivity (Wildman–Crippen MR) is 68.1 cm³/mol. The normalized spacial score (nSPS) is 11.4. The van der Waals surface area contributed by atoms with Gasteiger partial charge in [0.1, 0.15) is 0 Å². The summed E-state index contributed by atoms with van der Waals surface area (Å²) < 4.78 is 36.3. The van der Waals surface area contributed by atoms with Crippen molar-refractivity contribution >= 4 is 45.8 Å². The maximum Gasteiger partial charge on any atom is 0.389 e. The lowest BCUT2D eigenvalue weighted by atomic mass is 10.2. The molecule has 0 unspecified atom stereocenters. The van der Waals surface area contributed by atoms with E-state index in [-0.39, 0.29) is 0 Å². The van der Waals surface area contributed by atoms with Crippen molar-refractivity contribution in [1.29, 1.82) is 0 Å². The Morgan fingerprint density at radius 3 is 2.59 bits per heavy atom. The fraction of sp³-hybridized carbons (Fsp3) is 0.300. The third kappa shape index (κ3) is 5.58. The first kappa shape index (κ1) is 14.6. The first-order valence-corrected chi connectivity index (χ1v) is 6.05. The van der Waals surface area contributed by atoms with E-state index in [1.807, 2.05) is 22.6 Å². The van der Waals surface area contributed by atoms with Gasteiger partial charge in [0.15, 0.2) is 0 Å². The Labute approximate surface area is 115 Å². The third-order valence-corrected chi connectivity index (χ3v) is 2.97. The Hall–Kier alpha value is -0.500. The number of anilines is 1. The molecule has 0 aliphatic carbocycles. The molecule has 7 heteroatoms. The minimum atomic E-state index is -4.31. The molecular weight excluding hydrogens is 369 g/mol. The van der Waals surface area contributed by atoms with E-state index in [4.69, 9.17) is 11.6 Å². The van der Waals surface area contributed by atoms with Crippen LogP contribution in [0.15, 0.2) is 18.2 Å². The molecule has 2 nitrogen and oxygen atoms in total. The van der Waals surface area contributed by atoms with Gasteiger partial charge in [-0.1, -0.05) is 11.6 Å². The first-order valence-electron chi connectivity index (χ1n) is 4.59. The van der Waals surface area contributed by atoms with Gasteiger partial charge in [-0.2, -0.15) is 13.2 Å². The van der Waals surface area contributed by atoms with Gasteiger partial charge in [-0.3, -0.25) is 4.79 Å². The van der Waals surface area contributed by atoms with Gasteiger partial charge in [0.2, 0.25) is 5.91 Å². The zero-order valence-electron chi connectivity index (χ0n) is 8.44. The molecule has 0 atom stereocenters. The number of carbonyl (C=O) groups is 1. The zero-order chi connectivity index (χ0) is 13.1. The molecule has 1 aromatic carbocycles. The van der Waals surface area contributed by atoms with Crippen LogP contribution in [0.3, 0.4) is 0 Å². The number of benzene rings is 1. The average Bonchev–Trinajstić information content (AvgIpc) is 2.18. The van der Waals surface area contributed by atoms with Gasteiger partial charge in [-0.05, 0) is 40.8 Å². The fourth-order valence-corrected chi connectivity index (χ4v) is 2.07. The Kier molecular flexibility index (Phi) is 5.05. The SMILES string of the molecule is O=C(CCC(F)(F)F)Nc1ccc(Cl)cc1I. The lowest BCUT2D eigenvalue weighted by Crippen LogP contribution is -2.17. The van der Waals surface area contributed by atoms with Crippen LogP contribution in [0, 0.1) is 3.57 Å². The van der Waals surface area contributed by atoms with Gasteiger partial charge in [-0.15, -0.1) is 0 Å². The molecule has 0 bridgehead atoms. The molecule has 0 radical (unpaired) electrons. The van der Waals surface area contributed by atoms with E-state index in [9.17, 15) is 18.0 Å². The highest BCUT2D eigenvalue weighted by Crippen LogP contribution is 2.24. The summed E-state index contributed by atoms with van der Waals surface area (Å²) in [4.78, 5) is 11.2. The van der Waals surface area contributed by atoms with Gasteiger partial charge < -0.3 is 5.32 Å². The molecule has 1 rings (SSSR count). The van der Waals surface area contributed by atoms with Crippen LogP contribution in [0.1, 0.15) is 12.8 Å². The predicted octanol–water partition coefficient (Wildman–Crippen LogP) is 4.23. The number of halogens is 5. The second-order valence-corrected chi connectivity index (χ2v) is 4.89. The molecular formula is C10H8ClF3INO. The minimum absolute atomic E-state index is 0.460. The number of nitrogens with one attached hydrogen (secondary N) is 1. The topological polar surface area (TPSA) is 29.1 Å². The second kappa shape index (κ2) is 5.90. The molecule has 0 heterocycles. The van der Waals surface area contributed by atoms with Crippen LogP contribution in [0.25, 0.3) is 0 Å². The molecule has 17 heavy (non-hydrogen) atoms. The van der Waals surface area contributed by atoms with Crippen molar-refractivity contribution in [3.8, 4) is 0 Å². The second-order valence-electron chi connectivity index (χ2n) is 3.29. The van der Waals surface area contributed by atoms with Crippen molar-refractivity contribution in [2.45, 2.75) is 19.0 Å². The molecule has 0 aromatic heterocycles. The molecule has 0 fully saturated rings. The van der Waals surface area contributed by atoms with Gasteiger partial charge in [-0.25, -0.2) is 0 Å². The molecule has 0 aliphatic rings. The summed E-state index contributed by atoms with van der Waals surface area (Å²) in [7, 11) is 0. The first-order chi connectivity index (χ1) is 7.78. The molecule has 0 saturated carbocycles. The summed E-state index contributed by atoms with van der Waals surface area (Å²) in [5.74, 6) is -0.664.